The zero-order valence-electron chi connectivity index (χ0n) is 36.8. The van der Waals surface area contributed by atoms with Crippen LogP contribution >= 0.6 is 0 Å². The normalized spacial score (nSPS) is 13.3. The molecule has 67 heavy (non-hydrogen) atoms. The first-order valence-electron chi connectivity index (χ1n) is 21.5. The number of benzene rings is 3. The lowest BCUT2D eigenvalue weighted by Crippen LogP contribution is -2.27. The van der Waals surface area contributed by atoms with Gasteiger partial charge < -0.3 is 26.7 Å². The molecule has 0 amide bonds. The third-order valence-corrected chi connectivity index (χ3v) is 12.0. The fraction of sp³-hybridized carbons (Fsp3) is 0.184. The van der Waals surface area contributed by atoms with Crippen LogP contribution in [0.1, 0.15) is 67.3 Å². The lowest BCUT2D eigenvalue weighted by molar-refractivity contribution is 0.636. The van der Waals surface area contributed by atoms with Crippen molar-refractivity contribution in [1.82, 2.24) is 48.6 Å². The smallest absolute Gasteiger partial charge is 0.263 e. The van der Waals surface area contributed by atoms with E-state index in [0.29, 0.717) is 49.9 Å². The minimum atomic E-state index is -0.611. The Bertz CT molecular complexity index is 3660. The SMILES string of the molecule is C[C@H](Nc1nc(-c2cc(-c3cnn(C)c3)c3c(=O)n(C4CC4)c([C@H](C)Nc4nc(N)ncc4C#N)cc3c2)nc(N)c1C#N)c1cc2cccc(-c3cnn(C)c3)c2c(=O)n1-c1ccccc1. The van der Waals surface area contributed by atoms with Gasteiger partial charge in [0.25, 0.3) is 11.1 Å². The first-order chi connectivity index (χ1) is 32.4. The largest absolute Gasteiger partial charge is 0.382 e. The lowest BCUT2D eigenvalue weighted by atomic mass is 9.96. The summed E-state index contributed by atoms with van der Waals surface area (Å²) in [6.45, 7) is 3.78. The molecule has 0 radical (unpaired) electrons. The van der Waals surface area contributed by atoms with E-state index in [-0.39, 0.29) is 57.5 Å². The number of nitrogens with zero attached hydrogens (tertiary/aromatic N) is 12. The number of anilines is 4. The molecule has 0 aliphatic heterocycles. The molecule has 1 aliphatic carbocycles. The predicted molar refractivity (Wildman–Crippen MR) is 256 cm³/mol. The van der Waals surface area contributed by atoms with Crippen molar-refractivity contribution in [2.24, 2.45) is 14.1 Å². The molecule has 6 heterocycles. The zero-order valence-corrected chi connectivity index (χ0v) is 36.8. The van der Waals surface area contributed by atoms with Gasteiger partial charge in [0, 0.05) is 66.3 Å². The van der Waals surface area contributed by atoms with Crippen LogP contribution in [0.2, 0.25) is 0 Å². The van der Waals surface area contributed by atoms with E-state index in [2.05, 4.69) is 47.9 Å². The average Bonchev–Trinajstić information content (AvgIpc) is 3.91. The Morgan fingerprint density at radius 3 is 2.04 bits per heavy atom. The van der Waals surface area contributed by atoms with Gasteiger partial charge in [-0.25, -0.2) is 15.0 Å². The fourth-order valence-corrected chi connectivity index (χ4v) is 8.76. The number of hydrogen-bond donors (Lipinski definition) is 4. The van der Waals surface area contributed by atoms with Crippen LogP contribution in [0, 0.1) is 22.7 Å². The lowest BCUT2D eigenvalue weighted by Gasteiger charge is -2.23. The third kappa shape index (κ3) is 7.51. The van der Waals surface area contributed by atoms with E-state index in [1.807, 2.05) is 111 Å². The maximum Gasteiger partial charge on any atom is 0.263 e. The summed E-state index contributed by atoms with van der Waals surface area (Å²) in [5.41, 5.74) is 17.6. The second kappa shape index (κ2) is 16.4. The molecule has 18 heteroatoms. The molecule has 1 saturated carbocycles. The standard InChI is InChI=1S/C49H42N16O2/c1-26(57-45-31(19-50)21-54-49(53)61-45)40-18-29-15-30(16-37(33-23-56-63(4)25-33)42(29)48(67)65(40)35-13-14-35)44-59-43(52)38(20-51)46(60-44)58-27(2)39-17-28-9-8-12-36(32-22-55-62(3)24-32)41(28)47(66)64(39)34-10-6-5-7-11-34/h5-12,15-18,21-27,35H,13-14H2,1-4H3,(H3,52,58,59,60)(H3,53,54,57,61)/t26-,27-/m0/s1. The fourth-order valence-electron chi connectivity index (χ4n) is 8.76. The summed E-state index contributed by atoms with van der Waals surface area (Å²) in [6.07, 6.45) is 10.1. The molecule has 6 aromatic heterocycles. The average molecular weight is 887 g/mol. The summed E-state index contributed by atoms with van der Waals surface area (Å²) >= 11 is 0. The summed E-state index contributed by atoms with van der Waals surface area (Å²) in [4.78, 5) is 47.5. The summed E-state index contributed by atoms with van der Waals surface area (Å²) in [5.74, 6) is 0.521. The number of nitriles is 2. The molecule has 0 bridgehead atoms. The topological polar surface area (TPSA) is 255 Å². The highest BCUT2D eigenvalue weighted by Crippen LogP contribution is 2.40. The number of rotatable bonds is 11. The Hall–Kier alpha value is -9.16. The van der Waals surface area contributed by atoms with Crippen LogP contribution in [0.3, 0.4) is 0 Å². The number of aromatic nitrogens is 10. The highest BCUT2D eigenvalue weighted by molar-refractivity contribution is 6.00. The Morgan fingerprint density at radius 2 is 1.37 bits per heavy atom. The van der Waals surface area contributed by atoms with Crippen molar-refractivity contribution >= 4 is 44.9 Å². The molecule has 1 aliphatic rings. The highest BCUT2D eigenvalue weighted by Gasteiger charge is 2.31. The summed E-state index contributed by atoms with van der Waals surface area (Å²) in [7, 11) is 3.63. The second-order valence-corrected chi connectivity index (χ2v) is 16.7. The van der Waals surface area contributed by atoms with Crippen LogP contribution in [-0.2, 0) is 14.1 Å². The first kappa shape index (κ1) is 41.8. The van der Waals surface area contributed by atoms with Crippen LogP contribution < -0.4 is 33.2 Å². The van der Waals surface area contributed by atoms with Gasteiger partial charge in [0.1, 0.15) is 34.9 Å². The third-order valence-electron chi connectivity index (χ3n) is 12.0. The maximum atomic E-state index is 14.9. The Balaban J connectivity index is 1.12. The highest BCUT2D eigenvalue weighted by atomic mass is 16.1. The number of para-hydroxylation sites is 1. The van der Waals surface area contributed by atoms with Gasteiger partial charge >= 0.3 is 0 Å². The van der Waals surface area contributed by atoms with Crippen molar-refractivity contribution in [3.8, 4) is 51.5 Å². The van der Waals surface area contributed by atoms with Crippen molar-refractivity contribution in [2.45, 2.75) is 44.8 Å². The van der Waals surface area contributed by atoms with E-state index in [9.17, 15) is 20.1 Å². The van der Waals surface area contributed by atoms with E-state index in [4.69, 9.17) is 16.5 Å². The molecule has 330 valence electrons. The van der Waals surface area contributed by atoms with Gasteiger partial charge in [0.2, 0.25) is 5.95 Å². The Morgan fingerprint density at radius 1 is 0.701 bits per heavy atom. The van der Waals surface area contributed by atoms with Gasteiger partial charge in [0.05, 0.1) is 41.4 Å². The van der Waals surface area contributed by atoms with Crippen molar-refractivity contribution in [1.29, 1.82) is 10.5 Å². The molecule has 3 aromatic carbocycles. The Kier molecular flexibility index (Phi) is 10.3. The van der Waals surface area contributed by atoms with Crippen molar-refractivity contribution in [2.75, 3.05) is 22.1 Å². The number of fused-ring (bicyclic) bond motifs is 2. The van der Waals surface area contributed by atoms with E-state index in [0.717, 1.165) is 29.4 Å². The predicted octanol–water partition coefficient (Wildman–Crippen LogP) is 6.94. The van der Waals surface area contributed by atoms with Crippen LogP contribution in [-0.4, -0.2) is 48.6 Å². The first-order valence-corrected chi connectivity index (χ1v) is 21.5. The number of pyridine rings is 2. The molecular weight excluding hydrogens is 845 g/mol. The number of nitrogens with two attached hydrogens (primary N) is 2. The molecule has 2 atom stereocenters. The van der Waals surface area contributed by atoms with Crippen LogP contribution in [0.5, 0.6) is 0 Å². The van der Waals surface area contributed by atoms with Gasteiger partial charge in [0.15, 0.2) is 11.6 Å². The molecule has 10 rings (SSSR count). The zero-order chi connectivity index (χ0) is 46.7. The van der Waals surface area contributed by atoms with Crippen LogP contribution in [0.15, 0.2) is 113 Å². The monoisotopic (exact) mass is 886 g/mol. The van der Waals surface area contributed by atoms with Crippen molar-refractivity contribution in [3.63, 3.8) is 0 Å². The molecule has 18 nitrogen and oxygen atoms in total. The molecular formula is C49H42N16O2. The molecule has 0 spiro atoms. The molecule has 0 unspecified atom stereocenters. The van der Waals surface area contributed by atoms with Gasteiger partial charge in [-0.05, 0) is 85.0 Å². The van der Waals surface area contributed by atoms with Gasteiger partial charge in [-0.2, -0.15) is 25.7 Å². The summed E-state index contributed by atoms with van der Waals surface area (Å²) in [5, 5.41) is 38.1. The minimum absolute atomic E-state index is 0.000633. The number of hydrogen-bond acceptors (Lipinski definition) is 14. The van der Waals surface area contributed by atoms with E-state index >= 15 is 0 Å². The summed E-state index contributed by atoms with van der Waals surface area (Å²) < 4.78 is 6.85. The Labute approximate surface area is 382 Å². The second-order valence-electron chi connectivity index (χ2n) is 16.7. The van der Waals surface area contributed by atoms with E-state index in [1.165, 1.54) is 6.20 Å². The minimum Gasteiger partial charge on any atom is -0.382 e. The maximum absolute atomic E-state index is 14.9. The van der Waals surface area contributed by atoms with Crippen LogP contribution in [0.25, 0.3) is 60.9 Å². The van der Waals surface area contributed by atoms with Gasteiger partial charge in [-0.1, -0.05) is 36.4 Å². The molecule has 6 N–H and O–H groups in total. The molecule has 9 aromatic rings. The molecule has 1 fully saturated rings. The van der Waals surface area contributed by atoms with E-state index < -0.39 is 12.1 Å². The number of nitrogens with one attached hydrogen (secondary N) is 2. The number of nitrogen functional groups attached to an aromatic ring is 2. The van der Waals surface area contributed by atoms with E-state index in [1.54, 1.807) is 33.4 Å². The van der Waals surface area contributed by atoms with Crippen molar-refractivity contribution in [3.05, 3.63) is 147 Å². The summed E-state index contributed by atoms with van der Waals surface area (Å²) in [6, 6.07) is 25.8. The number of aryl methyl sites for hydroxylation is 2. The quantitative estimate of drug-likeness (QED) is 0.103. The van der Waals surface area contributed by atoms with Crippen molar-refractivity contribution < 1.29 is 0 Å². The van der Waals surface area contributed by atoms with Gasteiger partial charge in [-0.15, -0.1) is 0 Å². The van der Waals surface area contributed by atoms with Crippen LogP contribution in [0.4, 0.5) is 23.4 Å². The van der Waals surface area contributed by atoms with Gasteiger partial charge in [-0.3, -0.25) is 23.5 Å². The molecule has 0 saturated heterocycles.